The Labute approximate surface area is 108 Å². The van der Waals surface area contributed by atoms with Gasteiger partial charge in [-0.05, 0) is 23.6 Å². The van der Waals surface area contributed by atoms with Crippen molar-refractivity contribution in [1.82, 2.24) is 0 Å². The van der Waals surface area contributed by atoms with Crippen molar-refractivity contribution in [3.63, 3.8) is 0 Å². The van der Waals surface area contributed by atoms with Crippen LogP contribution in [0.25, 0.3) is 0 Å². The molecule has 4 heteroatoms. The van der Waals surface area contributed by atoms with Gasteiger partial charge in [0.25, 0.3) is 0 Å². The number of anilines is 1. The Bertz CT molecular complexity index is 414. The lowest BCUT2D eigenvalue weighted by Gasteiger charge is -2.14. The molecule has 2 atom stereocenters. The zero-order valence-electron chi connectivity index (χ0n) is 10.8. The molecule has 0 aromatic heterocycles. The summed E-state index contributed by atoms with van der Waals surface area (Å²) in [6.07, 6.45) is 0. The minimum Gasteiger partial charge on any atom is -0.379 e. The van der Waals surface area contributed by atoms with Gasteiger partial charge in [0.05, 0.1) is 19.1 Å². The molecule has 2 rings (SSSR count). The van der Waals surface area contributed by atoms with Crippen molar-refractivity contribution >= 4 is 11.6 Å². The van der Waals surface area contributed by atoms with Crippen LogP contribution >= 0.6 is 0 Å². The molecule has 1 amide bonds. The highest BCUT2D eigenvalue weighted by atomic mass is 16.5. The van der Waals surface area contributed by atoms with Gasteiger partial charge in [-0.3, -0.25) is 4.79 Å². The van der Waals surface area contributed by atoms with Gasteiger partial charge in [0.1, 0.15) is 0 Å². The van der Waals surface area contributed by atoms with Gasteiger partial charge in [-0.1, -0.05) is 26.0 Å². The van der Waals surface area contributed by atoms with Crippen LogP contribution in [0.2, 0.25) is 0 Å². The van der Waals surface area contributed by atoms with Crippen LogP contribution in [0, 0.1) is 5.92 Å². The number of carbonyl (C=O) groups is 1. The standard InChI is InChI=1S/C14H20N2O2/c1-9(2)10-3-5-11(6-4-10)16-14(17)12-7-18-8-13(12)15/h3-6,9,12-13H,7-8,15H2,1-2H3,(H,16,17). The molecule has 1 aliphatic rings. The Morgan fingerprint density at radius 2 is 2.00 bits per heavy atom. The predicted molar refractivity (Wildman–Crippen MR) is 71.4 cm³/mol. The van der Waals surface area contributed by atoms with Crippen LogP contribution in [0.4, 0.5) is 5.69 Å². The third-order valence-electron chi connectivity index (χ3n) is 3.31. The molecule has 0 spiro atoms. The number of nitrogens with one attached hydrogen (secondary N) is 1. The van der Waals surface area contributed by atoms with E-state index in [1.165, 1.54) is 5.56 Å². The molecule has 1 aliphatic heterocycles. The quantitative estimate of drug-likeness (QED) is 0.856. The fraction of sp³-hybridized carbons (Fsp3) is 0.500. The van der Waals surface area contributed by atoms with E-state index in [0.29, 0.717) is 19.1 Å². The Morgan fingerprint density at radius 3 is 2.50 bits per heavy atom. The molecule has 1 heterocycles. The number of nitrogens with two attached hydrogens (primary N) is 1. The van der Waals surface area contributed by atoms with Gasteiger partial charge in [-0.25, -0.2) is 0 Å². The first-order chi connectivity index (χ1) is 8.58. The van der Waals surface area contributed by atoms with Gasteiger partial charge in [0, 0.05) is 11.7 Å². The minimum absolute atomic E-state index is 0.0581. The molecule has 1 fully saturated rings. The number of benzene rings is 1. The van der Waals surface area contributed by atoms with Crippen molar-refractivity contribution in [2.45, 2.75) is 25.8 Å². The first kappa shape index (κ1) is 13.1. The highest BCUT2D eigenvalue weighted by molar-refractivity contribution is 5.93. The normalized spacial score (nSPS) is 23.3. The lowest BCUT2D eigenvalue weighted by Crippen LogP contribution is -2.37. The molecule has 0 bridgehead atoms. The predicted octanol–water partition coefficient (Wildman–Crippen LogP) is 1.72. The third-order valence-corrected chi connectivity index (χ3v) is 3.31. The van der Waals surface area contributed by atoms with Crippen LogP contribution in [0.15, 0.2) is 24.3 Å². The van der Waals surface area contributed by atoms with Gasteiger partial charge in [0.2, 0.25) is 5.91 Å². The summed E-state index contributed by atoms with van der Waals surface area (Å²) in [5, 5.41) is 2.88. The van der Waals surface area contributed by atoms with Crippen molar-refractivity contribution in [2.75, 3.05) is 18.5 Å². The molecule has 1 aromatic carbocycles. The first-order valence-corrected chi connectivity index (χ1v) is 6.32. The number of hydrogen-bond acceptors (Lipinski definition) is 3. The average molecular weight is 248 g/mol. The SMILES string of the molecule is CC(C)c1ccc(NC(=O)C2COCC2N)cc1. The van der Waals surface area contributed by atoms with E-state index >= 15 is 0 Å². The van der Waals surface area contributed by atoms with Crippen molar-refractivity contribution in [1.29, 1.82) is 0 Å². The smallest absolute Gasteiger partial charge is 0.231 e. The summed E-state index contributed by atoms with van der Waals surface area (Å²) in [7, 11) is 0. The van der Waals surface area contributed by atoms with Gasteiger partial charge in [0.15, 0.2) is 0 Å². The number of hydrogen-bond donors (Lipinski definition) is 2. The average Bonchev–Trinajstić information content (AvgIpc) is 2.76. The number of carbonyl (C=O) groups excluding carboxylic acids is 1. The van der Waals surface area contributed by atoms with Crippen LogP contribution in [-0.4, -0.2) is 25.2 Å². The largest absolute Gasteiger partial charge is 0.379 e. The van der Waals surface area contributed by atoms with Crippen molar-refractivity contribution in [3.8, 4) is 0 Å². The second kappa shape index (κ2) is 5.50. The van der Waals surface area contributed by atoms with Gasteiger partial charge < -0.3 is 15.8 Å². The Morgan fingerprint density at radius 1 is 1.33 bits per heavy atom. The third kappa shape index (κ3) is 2.89. The highest BCUT2D eigenvalue weighted by Crippen LogP contribution is 2.19. The lowest BCUT2D eigenvalue weighted by atomic mass is 10.0. The van der Waals surface area contributed by atoms with Crippen molar-refractivity contribution < 1.29 is 9.53 Å². The fourth-order valence-corrected chi connectivity index (χ4v) is 2.03. The van der Waals surface area contributed by atoms with Crippen LogP contribution in [-0.2, 0) is 9.53 Å². The Kier molecular flexibility index (Phi) is 3.99. The zero-order valence-corrected chi connectivity index (χ0v) is 10.8. The van der Waals surface area contributed by atoms with Crippen LogP contribution in [0.5, 0.6) is 0 Å². The lowest BCUT2D eigenvalue weighted by molar-refractivity contribution is -0.120. The topological polar surface area (TPSA) is 64.3 Å². The number of ether oxygens (including phenoxy) is 1. The minimum atomic E-state index is -0.241. The van der Waals surface area contributed by atoms with E-state index in [1.54, 1.807) is 0 Å². The summed E-state index contributed by atoms with van der Waals surface area (Å²) in [6.45, 7) is 5.16. The maximum Gasteiger partial charge on any atom is 0.231 e. The summed E-state index contributed by atoms with van der Waals surface area (Å²) in [5.41, 5.74) is 7.88. The summed E-state index contributed by atoms with van der Waals surface area (Å²) in [5.74, 6) is 0.193. The van der Waals surface area contributed by atoms with Crippen LogP contribution < -0.4 is 11.1 Å². The number of amides is 1. The fourth-order valence-electron chi connectivity index (χ4n) is 2.03. The molecular weight excluding hydrogens is 228 g/mol. The molecule has 0 radical (unpaired) electrons. The summed E-state index contributed by atoms with van der Waals surface area (Å²) < 4.78 is 5.19. The Balaban J connectivity index is 1.98. The van der Waals surface area contributed by atoms with Gasteiger partial charge >= 0.3 is 0 Å². The van der Waals surface area contributed by atoms with E-state index < -0.39 is 0 Å². The molecular formula is C14H20N2O2. The van der Waals surface area contributed by atoms with E-state index in [9.17, 15) is 4.79 Å². The maximum absolute atomic E-state index is 12.0. The molecule has 3 N–H and O–H groups in total. The van der Waals surface area contributed by atoms with E-state index in [4.69, 9.17) is 10.5 Å². The van der Waals surface area contributed by atoms with Crippen molar-refractivity contribution in [2.24, 2.45) is 11.7 Å². The first-order valence-electron chi connectivity index (χ1n) is 6.32. The maximum atomic E-state index is 12.0. The second-order valence-electron chi connectivity index (χ2n) is 5.07. The van der Waals surface area contributed by atoms with Crippen molar-refractivity contribution in [3.05, 3.63) is 29.8 Å². The van der Waals surface area contributed by atoms with Crippen LogP contribution in [0.3, 0.4) is 0 Å². The number of rotatable bonds is 3. The molecule has 98 valence electrons. The summed E-state index contributed by atoms with van der Waals surface area (Å²) >= 11 is 0. The van der Waals surface area contributed by atoms with E-state index in [0.717, 1.165) is 5.69 Å². The molecule has 18 heavy (non-hydrogen) atoms. The molecule has 1 saturated heterocycles. The molecule has 4 nitrogen and oxygen atoms in total. The molecule has 0 saturated carbocycles. The van der Waals surface area contributed by atoms with Crippen LogP contribution in [0.1, 0.15) is 25.3 Å². The van der Waals surface area contributed by atoms with E-state index in [2.05, 4.69) is 19.2 Å². The molecule has 1 aromatic rings. The summed E-state index contributed by atoms with van der Waals surface area (Å²) in [6, 6.07) is 7.72. The Hall–Kier alpha value is -1.39. The monoisotopic (exact) mass is 248 g/mol. The molecule has 2 unspecified atom stereocenters. The van der Waals surface area contributed by atoms with E-state index in [-0.39, 0.29) is 17.9 Å². The second-order valence-corrected chi connectivity index (χ2v) is 5.07. The van der Waals surface area contributed by atoms with Gasteiger partial charge in [-0.15, -0.1) is 0 Å². The summed E-state index contributed by atoms with van der Waals surface area (Å²) in [4.78, 5) is 12.0. The highest BCUT2D eigenvalue weighted by Gasteiger charge is 2.31. The molecule has 0 aliphatic carbocycles. The van der Waals surface area contributed by atoms with Gasteiger partial charge in [-0.2, -0.15) is 0 Å². The van der Waals surface area contributed by atoms with E-state index in [1.807, 2.05) is 24.3 Å². The zero-order chi connectivity index (χ0) is 13.1.